The number of benzene rings is 2. The topological polar surface area (TPSA) is 127 Å². The maximum absolute atomic E-state index is 13.2. The Kier molecular flexibility index (Phi) is 5.98. The van der Waals surface area contributed by atoms with Crippen molar-refractivity contribution in [3.8, 4) is 28.4 Å². The number of rotatable bonds is 6. The van der Waals surface area contributed by atoms with E-state index in [0.29, 0.717) is 58.3 Å². The first kappa shape index (κ1) is 21.2. The van der Waals surface area contributed by atoms with Crippen molar-refractivity contribution in [3.05, 3.63) is 52.4 Å². The predicted molar refractivity (Wildman–Crippen MR) is 112 cm³/mol. The SMILES string of the molecule is Cc1oc2cc(OCC(=O)NCC(=O)[O-])ccc2c(=O)c1-c1ccc2c(c1)OCCCO2. The molecule has 1 N–H and O–H groups in total. The number of carbonyl (C=O) groups is 2. The Hall–Kier alpha value is -4.01. The van der Waals surface area contributed by atoms with Gasteiger partial charge in [0.1, 0.15) is 17.1 Å². The molecule has 32 heavy (non-hydrogen) atoms. The first-order valence-corrected chi connectivity index (χ1v) is 9.99. The van der Waals surface area contributed by atoms with Crippen molar-refractivity contribution >= 4 is 22.8 Å². The molecular weight excluding hydrogens is 418 g/mol. The largest absolute Gasteiger partial charge is 0.548 e. The lowest BCUT2D eigenvalue weighted by Crippen LogP contribution is -2.39. The molecule has 3 aromatic rings. The van der Waals surface area contributed by atoms with Crippen LogP contribution < -0.4 is 30.1 Å². The Morgan fingerprint density at radius 3 is 2.66 bits per heavy atom. The minimum absolute atomic E-state index is 0.212. The van der Waals surface area contributed by atoms with Crippen molar-refractivity contribution in [2.24, 2.45) is 0 Å². The highest BCUT2D eigenvalue weighted by Gasteiger charge is 2.18. The van der Waals surface area contributed by atoms with Crippen molar-refractivity contribution in [2.45, 2.75) is 13.3 Å². The van der Waals surface area contributed by atoms with E-state index in [2.05, 4.69) is 5.32 Å². The summed E-state index contributed by atoms with van der Waals surface area (Å²) in [6, 6.07) is 9.95. The lowest BCUT2D eigenvalue weighted by atomic mass is 10.0. The highest BCUT2D eigenvalue weighted by atomic mass is 16.5. The molecule has 0 spiro atoms. The van der Waals surface area contributed by atoms with Gasteiger partial charge >= 0.3 is 0 Å². The molecule has 1 aromatic heterocycles. The van der Waals surface area contributed by atoms with E-state index >= 15 is 0 Å². The van der Waals surface area contributed by atoms with Crippen LogP contribution in [-0.4, -0.2) is 38.2 Å². The van der Waals surface area contributed by atoms with Gasteiger partial charge < -0.3 is 33.8 Å². The van der Waals surface area contributed by atoms with Gasteiger partial charge in [-0.3, -0.25) is 9.59 Å². The number of hydrogen-bond donors (Lipinski definition) is 1. The molecule has 0 aliphatic carbocycles. The lowest BCUT2D eigenvalue weighted by Gasteiger charge is -2.12. The molecule has 9 nitrogen and oxygen atoms in total. The third-order valence-corrected chi connectivity index (χ3v) is 4.88. The number of nitrogens with one attached hydrogen (secondary N) is 1. The summed E-state index contributed by atoms with van der Waals surface area (Å²) in [6.45, 7) is 1.82. The molecule has 2 heterocycles. The van der Waals surface area contributed by atoms with E-state index in [1.165, 1.54) is 6.07 Å². The summed E-state index contributed by atoms with van der Waals surface area (Å²) in [5.74, 6) is -0.0747. The molecule has 9 heteroatoms. The maximum Gasteiger partial charge on any atom is 0.258 e. The molecule has 0 atom stereocenters. The molecule has 0 saturated heterocycles. The van der Waals surface area contributed by atoms with Crippen molar-refractivity contribution in [2.75, 3.05) is 26.4 Å². The second-order valence-corrected chi connectivity index (χ2v) is 7.17. The smallest absolute Gasteiger partial charge is 0.258 e. The number of amides is 1. The number of carboxylic acid groups (broad SMARTS) is 1. The molecule has 1 aliphatic rings. The van der Waals surface area contributed by atoms with Crippen LogP contribution >= 0.6 is 0 Å². The Morgan fingerprint density at radius 2 is 1.88 bits per heavy atom. The van der Waals surface area contributed by atoms with Crippen molar-refractivity contribution in [3.63, 3.8) is 0 Å². The number of carbonyl (C=O) groups excluding carboxylic acids is 2. The van der Waals surface area contributed by atoms with Gasteiger partial charge in [0, 0.05) is 12.5 Å². The molecule has 4 rings (SSSR count). The highest BCUT2D eigenvalue weighted by Crippen LogP contribution is 2.35. The number of aryl methyl sites for hydroxylation is 1. The molecule has 0 bridgehead atoms. The van der Waals surface area contributed by atoms with Crippen LogP contribution in [0.15, 0.2) is 45.6 Å². The molecular formula is C23H20NO8-. The fourth-order valence-corrected chi connectivity index (χ4v) is 3.40. The normalized spacial score (nSPS) is 12.8. The summed E-state index contributed by atoms with van der Waals surface area (Å²) < 4.78 is 22.6. The van der Waals surface area contributed by atoms with Gasteiger partial charge in [0.05, 0.1) is 36.7 Å². The van der Waals surface area contributed by atoms with E-state index < -0.39 is 25.0 Å². The summed E-state index contributed by atoms with van der Waals surface area (Å²) >= 11 is 0. The zero-order valence-corrected chi connectivity index (χ0v) is 17.3. The Balaban J connectivity index is 1.61. The summed E-state index contributed by atoms with van der Waals surface area (Å²) in [4.78, 5) is 35.2. The second-order valence-electron chi connectivity index (χ2n) is 7.17. The van der Waals surface area contributed by atoms with E-state index in [1.54, 1.807) is 37.3 Å². The minimum atomic E-state index is -1.40. The standard InChI is InChI=1S/C23H21NO8/c1-13-22(14-3-6-17-19(9-14)30-8-2-7-29-17)23(28)16-5-4-15(10-18(16)32-13)31-12-20(25)24-11-21(26)27/h3-6,9-10H,2,7-8,11-12H2,1H3,(H,24,25)(H,26,27)/p-1. The van der Waals surface area contributed by atoms with Crippen molar-refractivity contribution < 1.29 is 33.3 Å². The molecule has 0 fully saturated rings. The Bertz CT molecular complexity index is 1250. The average molecular weight is 438 g/mol. The molecule has 0 radical (unpaired) electrons. The summed E-state index contributed by atoms with van der Waals surface area (Å²) in [6.07, 6.45) is 0.782. The van der Waals surface area contributed by atoms with Crippen LogP contribution in [0.25, 0.3) is 22.1 Å². The van der Waals surface area contributed by atoms with Crippen LogP contribution in [0.5, 0.6) is 17.2 Å². The second kappa shape index (κ2) is 9.01. The monoisotopic (exact) mass is 438 g/mol. The molecule has 1 amide bonds. The Labute approximate surface area is 182 Å². The van der Waals surface area contributed by atoms with Crippen LogP contribution in [0.2, 0.25) is 0 Å². The summed E-state index contributed by atoms with van der Waals surface area (Å²) in [5.41, 5.74) is 1.17. The van der Waals surface area contributed by atoms with Gasteiger partial charge in [-0.15, -0.1) is 0 Å². The van der Waals surface area contributed by atoms with E-state index in [4.69, 9.17) is 18.6 Å². The van der Waals surface area contributed by atoms with Gasteiger partial charge in [-0.2, -0.15) is 0 Å². The van der Waals surface area contributed by atoms with E-state index in [1.807, 2.05) is 0 Å². The third-order valence-electron chi connectivity index (χ3n) is 4.88. The zero-order chi connectivity index (χ0) is 22.7. The number of fused-ring (bicyclic) bond motifs is 2. The lowest BCUT2D eigenvalue weighted by molar-refractivity contribution is -0.304. The van der Waals surface area contributed by atoms with Gasteiger partial charge in [-0.25, -0.2) is 0 Å². The zero-order valence-electron chi connectivity index (χ0n) is 17.3. The minimum Gasteiger partial charge on any atom is -0.548 e. The van der Waals surface area contributed by atoms with Gasteiger partial charge in [0.2, 0.25) is 5.43 Å². The molecule has 0 unspecified atom stereocenters. The van der Waals surface area contributed by atoms with Crippen LogP contribution in [0, 0.1) is 6.92 Å². The predicted octanol–water partition coefficient (Wildman–Crippen LogP) is 1.17. The highest BCUT2D eigenvalue weighted by molar-refractivity contribution is 5.85. The van der Waals surface area contributed by atoms with Gasteiger partial charge in [-0.05, 0) is 36.8 Å². The fourth-order valence-electron chi connectivity index (χ4n) is 3.40. The fraction of sp³-hybridized carbons (Fsp3) is 0.261. The van der Waals surface area contributed by atoms with Crippen molar-refractivity contribution in [1.82, 2.24) is 5.32 Å². The average Bonchev–Trinajstić information content (AvgIpc) is 3.01. The van der Waals surface area contributed by atoms with Crippen LogP contribution in [0.1, 0.15) is 12.2 Å². The summed E-state index contributed by atoms with van der Waals surface area (Å²) in [7, 11) is 0. The number of carboxylic acids is 1. The number of ether oxygens (including phenoxy) is 3. The number of hydrogen-bond acceptors (Lipinski definition) is 8. The van der Waals surface area contributed by atoms with Gasteiger partial charge in [0.25, 0.3) is 5.91 Å². The summed E-state index contributed by atoms with van der Waals surface area (Å²) in [5, 5.41) is 12.9. The van der Waals surface area contributed by atoms with E-state index in [9.17, 15) is 19.5 Å². The van der Waals surface area contributed by atoms with E-state index in [-0.39, 0.29) is 5.43 Å². The first-order chi connectivity index (χ1) is 15.4. The van der Waals surface area contributed by atoms with Gasteiger partial charge in [0.15, 0.2) is 18.1 Å². The molecule has 2 aromatic carbocycles. The van der Waals surface area contributed by atoms with Crippen LogP contribution in [0.4, 0.5) is 0 Å². The third kappa shape index (κ3) is 4.51. The van der Waals surface area contributed by atoms with Crippen molar-refractivity contribution in [1.29, 1.82) is 0 Å². The first-order valence-electron chi connectivity index (χ1n) is 9.99. The maximum atomic E-state index is 13.2. The molecule has 0 saturated carbocycles. The van der Waals surface area contributed by atoms with E-state index in [0.717, 1.165) is 6.42 Å². The van der Waals surface area contributed by atoms with Crippen LogP contribution in [0.3, 0.4) is 0 Å². The van der Waals surface area contributed by atoms with Crippen LogP contribution in [-0.2, 0) is 9.59 Å². The Morgan fingerprint density at radius 1 is 1.09 bits per heavy atom. The molecule has 166 valence electrons. The van der Waals surface area contributed by atoms with Gasteiger partial charge in [-0.1, -0.05) is 6.07 Å². The number of aliphatic carboxylic acids is 1. The molecule has 1 aliphatic heterocycles. The quantitative estimate of drug-likeness (QED) is 0.608.